The lowest BCUT2D eigenvalue weighted by atomic mass is 10.3. The van der Waals surface area contributed by atoms with Gasteiger partial charge in [-0.15, -0.1) is 0 Å². The molecule has 1 rings (SSSR count). The lowest BCUT2D eigenvalue weighted by Crippen LogP contribution is -2.12. The summed E-state index contributed by atoms with van der Waals surface area (Å²) in [6, 6.07) is 3.94. The number of carbonyl (C=O) groups is 1. The molecular formula is C9H8BrFO3. The number of benzene rings is 1. The summed E-state index contributed by atoms with van der Waals surface area (Å²) < 4.78 is 22.5. The quantitative estimate of drug-likeness (QED) is 0.784. The summed E-state index contributed by atoms with van der Waals surface area (Å²) in [6.07, 6.45) is 0. The van der Waals surface area contributed by atoms with E-state index in [2.05, 4.69) is 20.7 Å². The maximum atomic E-state index is 12.6. The predicted octanol–water partition coefficient (Wildman–Crippen LogP) is 2.14. The van der Waals surface area contributed by atoms with Gasteiger partial charge in [0.1, 0.15) is 11.6 Å². The van der Waals surface area contributed by atoms with E-state index in [1.807, 2.05) is 0 Å². The first kappa shape index (κ1) is 11.0. The summed E-state index contributed by atoms with van der Waals surface area (Å²) in [7, 11) is 1.27. The number of halogens is 2. The van der Waals surface area contributed by atoms with Crippen molar-refractivity contribution in [1.82, 2.24) is 0 Å². The summed E-state index contributed by atoms with van der Waals surface area (Å²) in [5.74, 6) is -0.458. The highest BCUT2D eigenvalue weighted by molar-refractivity contribution is 9.10. The molecule has 0 fully saturated rings. The monoisotopic (exact) mass is 262 g/mol. The molecule has 0 amide bonds. The van der Waals surface area contributed by atoms with Crippen LogP contribution in [0.25, 0.3) is 0 Å². The Labute approximate surface area is 88.9 Å². The van der Waals surface area contributed by atoms with Crippen LogP contribution in [0.5, 0.6) is 5.75 Å². The number of esters is 1. The van der Waals surface area contributed by atoms with Crippen LogP contribution in [0.1, 0.15) is 0 Å². The highest BCUT2D eigenvalue weighted by Gasteiger charge is 2.05. The number of carbonyl (C=O) groups excluding carboxylic acids is 1. The zero-order valence-corrected chi connectivity index (χ0v) is 9.01. The minimum atomic E-state index is -0.485. The average molecular weight is 263 g/mol. The van der Waals surface area contributed by atoms with Crippen molar-refractivity contribution in [2.75, 3.05) is 13.7 Å². The van der Waals surface area contributed by atoms with Crippen LogP contribution >= 0.6 is 15.9 Å². The Morgan fingerprint density at radius 2 is 2.29 bits per heavy atom. The second-order valence-corrected chi connectivity index (χ2v) is 3.29. The minimum Gasteiger partial charge on any atom is -0.481 e. The molecule has 0 aromatic heterocycles. The maximum absolute atomic E-state index is 12.6. The molecule has 1 aromatic rings. The summed E-state index contributed by atoms with van der Waals surface area (Å²) >= 11 is 3.10. The van der Waals surface area contributed by atoms with E-state index >= 15 is 0 Å². The fraction of sp³-hybridized carbons (Fsp3) is 0.222. The fourth-order valence-electron chi connectivity index (χ4n) is 0.788. The first-order chi connectivity index (χ1) is 6.63. The molecule has 0 aliphatic carbocycles. The normalized spacial score (nSPS) is 9.64. The SMILES string of the molecule is COC(=O)COc1ccc(F)cc1Br. The Hall–Kier alpha value is -1.10. The van der Waals surface area contributed by atoms with Crippen LogP contribution in [0.3, 0.4) is 0 Å². The molecule has 1 aromatic carbocycles. The summed E-state index contributed by atoms with van der Waals surface area (Å²) in [5.41, 5.74) is 0. The molecule has 5 heteroatoms. The van der Waals surface area contributed by atoms with Crippen LogP contribution in [0.15, 0.2) is 22.7 Å². The van der Waals surface area contributed by atoms with Gasteiger partial charge in [-0.25, -0.2) is 9.18 Å². The lowest BCUT2D eigenvalue weighted by Gasteiger charge is -2.06. The molecule has 14 heavy (non-hydrogen) atoms. The Bertz CT molecular complexity index is 341. The summed E-state index contributed by atoms with van der Waals surface area (Å²) in [4.78, 5) is 10.7. The van der Waals surface area contributed by atoms with Gasteiger partial charge in [-0.05, 0) is 34.1 Å². The van der Waals surface area contributed by atoms with E-state index < -0.39 is 5.97 Å². The van der Waals surface area contributed by atoms with E-state index in [0.29, 0.717) is 10.2 Å². The second kappa shape index (κ2) is 4.95. The first-order valence-electron chi connectivity index (χ1n) is 3.78. The van der Waals surface area contributed by atoms with Crippen molar-refractivity contribution >= 4 is 21.9 Å². The van der Waals surface area contributed by atoms with E-state index in [1.165, 1.54) is 25.3 Å². The third-order valence-corrected chi connectivity index (χ3v) is 2.09. The molecule has 0 unspecified atom stereocenters. The average Bonchev–Trinajstić information content (AvgIpc) is 2.16. The highest BCUT2D eigenvalue weighted by atomic mass is 79.9. The van der Waals surface area contributed by atoms with Crippen LogP contribution in [0.2, 0.25) is 0 Å². The largest absolute Gasteiger partial charge is 0.481 e. The fourth-order valence-corrected chi connectivity index (χ4v) is 1.25. The van der Waals surface area contributed by atoms with Gasteiger partial charge in [-0.1, -0.05) is 0 Å². The van der Waals surface area contributed by atoms with Crippen LogP contribution in [0, 0.1) is 5.82 Å². The van der Waals surface area contributed by atoms with Gasteiger partial charge < -0.3 is 9.47 Å². The third-order valence-electron chi connectivity index (χ3n) is 1.47. The number of methoxy groups -OCH3 is 1. The smallest absolute Gasteiger partial charge is 0.343 e. The summed E-state index contributed by atoms with van der Waals surface area (Å²) in [6.45, 7) is -0.194. The number of hydrogen-bond donors (Lipinski definition) is 0. The predicted molar refractivity (Wildman–Crippen MR) is 51.6 cm³/mol. The van der Waals surface area contributed by atoms with Crippen molar-refractivity contribution in [2.45, 2.75) is 0 Å². The zero-order chi connectivity index (χ0) is 10.6. The van der Waals surface area contributed by atoms with Crippen molar-refractivity contribution in [3.8, 4) is 5.75 Å². The standard InChI is InChI=1S/C9H8BrFO3/c1-13-9(12)5-14-8-3-2-6(11)4-7(8)10/h2-4H,5H2,1H3. The van der Waals surface area contributed by atoms with E-state index in [1.54, 1.807) is 0 Å². The molecule has 0 radical (unpaired) electrons. The molecule has 76 valence electrons. The molecule has 3 nitrogen and oxygen atoms in total. The van der Waals surface area contributed by atoms with Crippen LogP contribution in [-0.4, -0.2) is 19.7 Å². The Kier molecular flexibility index (Phi) is 3.88. The highest BCUT2D eigenvalue weighted by Crippen LogP contribution is 2.25. The summed E-state index contributed by atoms with van der Waals surface area (Å²) in [5, 5.41) is 0. The molecule has 0 aliphatic heterocycles. The molecule has 0 aliphatic rings. The van der Waals surface area contributed by atoms with Gasteiger partial charge in [0.2, 0.25) is 0 Å². The molecular weight excluding hydrogens is 255 g/mol. The van der Waals surface area contributed by atoms with Crippen molar-refractivity contribution in [3.63, 3.8) is 0 Å². The van der Waals surface area contributed by atoms with E-state index in [4.69, 9.17) is 4.74 Å². The van der Waals surface area contributed by atoms with E-state index in [9.17, 15) is 9.18 Å². The Balaban J connectivity index is 2.63. The Morgan fingerprint density at radius 3 is 2.86 bits per heavy atom. The van der Waals surface area contributed by atoms with Gasteiger partial charge in [0.15, 0.2) is 6.61 Å². The Morgan fingerprint density at radius 1 is 1.57 bits per heavy atom. The van der Waals surface area contributed by atoms with Crippen molar-refractivity contribution in [1.29, 1.82) is 0 Å². The third kappa shape index (κ3) is 2.99. The van der Waals surface area contributed by atoms with Crippen LogP contribution in [-0.2, 0) is 9.53 Å². The molecule has 0 saturated heterocycles. The molecule has 0 spiro atoms. The topological polar surface area (TPSA) is 35.5 Å². The zero-order valence-electron chi connectivity index (χ0n) is 7.42. The number of hydrogen-bond acceptors (Lipinski definition) is 3. The number of ether oxygens (including phenoxy) is 2. The molecule has 0 atom stereocenters. The van der Waals surface area contributed by atoms with E-state index in [-0.39, 0.29) is 12.4 Å². The van der Waals surface area contributed by atoms with Gasteiger partial charge in [0.05, 0.1) is 11.6 Å². The van der Waals surface area contributed by atoms with Gasteiger partial charge in [-0.2, -0.15) is 0 Å². The molecule has 0 N–H and O–H groups in total. The van der Waals surface area contributed by atoms with Gasteiger partial charge in [-0.3, -0.25) is 0 Å². The lowest BCUT2D eigenvalue weighted by molar-refractivity contribution is -0.142. The number of rotatable bonds is 3. The molecule has 0 saturated carbocycles. The molecule has 0 heterocycles. The van der Waals surface area contributed by atoms with Crippen molar-refractivity contribution in [3.05, 3.63) is 28.5 Å². The van der Waals surface area contributed by atoms with Crippen LogP contribution < -0.4 is 4.74 Å². The minimum absolute atomic E-state index is 0.194. The first-order valence-corrected chi connectivity index (χ1v) is 4.57. The van der Waals surface area contributed by atoms with Gasteiger partial charge >= 0.3 is 5.97 Å². The van der Waals surface area contributed by atoms with Gasteiger partial charge in [0, 0.05) is 0 Å². The second-order valence-electron chi connectivity index (χ2n) is 2.44. The van der Waals surface area contributed by atoms with Gasteiger partial charge in [0.25, 0.3) is 0 Å². The van der Waals surface area contributed by atoms with Crippen molar-refractivity contribution < 1.29 is 18.7 Å². The maximum Gasteiger partial charge on any atom is 0.343 e. The van der Waals surface area contributed by atoms with Crippen molar-refractivity contribution in [2.24, 2.45) is 0 Å². The molecule has 0 bridgehead atoms. The van der Waals surface area contributed by atoms with E-state index in [0.717, 1.165) is 0 Å². The van der Waals surface area contributed by atoms with Crippen LogP contribution in [0.4, 0.5) is 4.39 Å².